The summed E-state index contributed by atoms with van der Waals surface area (Å²) in [6, 6.07) is 4.03. The molecule has 9 heteroatoms. The number of hydrogen-bond donors (Lipinski definition) is 2. The molecule has 0 saturated heterocycles. The molecule has 158 valence electrons. The zero-order valence-electron chi connectivity index (χ0n) is 17.4. The Morgan fingerprint density at radius 3 is 2.67 bits per heavy atom. The van der Waals surface area contributed by atoms with Crippen molar-refractivity contribution in [2.75, 3.05) is 30.3 Å². The molecule has 3 aromatic heterocycles. The molecule has 2 N–H and O–H groups in total. The Morgan fingerprint density at radius 2 is 1.90 bits per heavy atom. The van der Waals surface area contributed by atoms with E-state index in [0.717, 1.165) is 53.7 Å². The van der Waals surface area contributed by atoms with Gasteiger partial charge >= 0.3 is 0 Å². The molecule has 1 aliphatic heterocycles. The number of hydrogen-bond acceptors (Lipinski definition) is 8. The van der Waals surface area contributed by atoms with Crippen molar-refractivity contribution in [2.45, 2.75) is 33.1 Å². The summed E-state index contributed by atoms with van der Waals surface area (Å²) in [7, 11) is 0. The number of aryl methyl sites for hydroxylation is 1. The molecule has 0 unspecified atom stereocenters. The van der Waals surface area contributed by atoms with Crippen LogP contribution in [0.2, 0.25) is 0 Å². The second-order valence-corrected chi connectivity index (χ2v) is 7.12. The van der Waals surface area contributed by atoms with Gasteiger partial charge in [-0.15, -0.1) is 0 Å². The highest BCUT2D eigenvalue weighted by Crippen LogP contribution is 2.34. The van der Waals surface area contributed by atoms with Gasteiger partial charge in [-0.3, -0.25) is 4.98 Å². The summed E-state index contributed by atoms with van der Waals surface area (Å²) in [5.41, 5.74) is 4.92. The standard InChI is InChI=1S/C21H25N7O.H2S/c1-4-22-21-24-10-15(11-25-21)18-8-19(27-12-26-18)23-9-13(2)16-7-14(3)28-17-5-6-29-20(16)17;/h7-8,10-13H,4-6,9H2,1-3H3,(H,22,24,25)(H,23,26,27);1H2/t13-;/m1./s1. The Labute approximate surface area is 183 Å². The van der Waals surface area contributed by atoms with Crippen molar-refractivity contribution in [3.05, 3.63) is 47.8 Å². The first-order valence-electron chi connectivity index (χ1n) is 9.89. The van der Waals surface area contributed by atoms with Crippen LogP contribution in [0.4, 0.5) is 11.8 Å². The SMILES string of the molecule is CCNc1ncc(-c2cc(NC[C@@H](C)c3cc(C)nc4c3OCC4)ncn2)cn1.S. The van der Waals surface area contributed by atoms with Crippen molar-refractivity contribution < 1.29 is 4.74 Å². The van der Waals surface area contributed by atoms with E-state index in [0.29, 0.717) is 12.6 Å². The summed E-state index contributed by atoms with van der Waals surface area (Å²) in [4.78, 5) is 21.9. The smallest absolute Gasteiger partial charge is 0.222 e. The molecule has 1 aliphatic rings. The average Bonchev–Trinajstić information content (AvgIpc) is 3.21. The van der Waals surface area contributed by atoms with Gasteiger partial charge < -0.3 is 15.4 Å². The summed E-state index contributed by atoms with van der Waals surface area (Å²) < 4.78 is 5.83. The van der Waals surface area contributed by atoms with Crippen LogP contribution in [-0.2, 0) is 6.42 Å². The maximum absolute atomic E-state index is 5.83. The fourth-order valence-electron chi connectivity index (χ4n) is 3.39. The maximum Gasteiger partial charge on any atom is 0.222 e. The van der Waals surface area contributed by atoms with E-state index in [1.165, 1.54) is 5.56 Å². The van der Waals surface area contributed by atoms with E-state index in [2.05, 4.69) is 48.5 Å². The molecule has 1 atom stereocenters. The van der Waals surface area contributed by atoms with Gasteiger partial charge in [0.05, 0.1) is 18.0 Å². The normalized spacial score (nSPS) is 13.0. The van der Waals surface area contributed by atoms with E-state index < -0.39 is 0 Å². The first kappa shape index (κ1) is 21.8. The Morgan fingerprint density at radius 1 is 1.10 bits per heavy atom. The maximum atomic E-state index is 5.83. The van der Waals surface area contributed by atoms with Gasteiger partial charge in [-0.25, -0.2) is 19.9 Å². The van der Waals surface area contributed by atoms with E-state index in [1.807, 2.05) is 19.9 Å². The molecule has 4 heterocycles. The Bertz CT molecular complexity index is 997. The summed E-state index contributed by atoms with van der Waals surface area (Å²) >= 11 is 0. The lowest BCUT2D eigenvalue weighted by Gasteiger charge is -2.17. The summed E-state index contributed by atoms with van der Waals surface area (Å²) in [6.07, 6.45) is 5.96. The van der Waals surface area contributed by atoms with Crippen molar-refractivity contribution in [1.82, 2.24) is 24.9 Å². The highest BCUT2D eigenvalue weighted by Gasteiger charge is 2.22. The molecule has 0 aromatic carbocycles. The van der Waals surface area contributed by atoms with E-state index in [1.54, 1.807) is 18.7 Å². The number of pyridine rings is 1. The zero-order valence-corrected chi connectivity index (χ0v) is 18.4. The van der Waals surface area contributed by atoms with Crippen LogP contribution in [0.1, 0.15) is 36.7 Å². The zero-order chi connectivity index (χ0) is 20.2. The van der Waals surface area contributed by atoms with E-state index in [-0.39, 0.29) is 19.4 Å². The molecule has 0 saturated carbocycles. The van der Waals surface area contributed by atoms with Crippen LogP contribution < -0.4 is 15.4 Å². The quantitative estimate of drug-likeness (QED) is 0.595. The van der Waals surface area contributed by atoms with Crippen LogP contribution in [0.15, 0.2) is 30.9 Å². The van der Waals surface area contributed by atoms with Crippen LogP contribution in [0.25, 0.3) is 11.3 Å². The van der Waals surface area contributed by atoms with Crippen LogP contribution >= 0.6 is 13.5 Å². The predicted octanol–water partition coefficient (Wildman–Crippen LogP) is 3.33. The van der Waals surface area contributed by atoms with Crippen LogP contribution in [0.5, 0.6) is 5.75 Å². The van der Waals surface area contributed by atoms with Gasteiger partial charge in [0.2, 0.25) is 5.95 Å². The minimum absolute atomic E-state index is 0. The Kier molecular flexibility index (Phi) is 7.04. The fourth-order valence-corrected chi connectivity index (χ4v) is 3.39. The van der Waals surface area contributed by atoms with Crippen molar-refractivity contribution in [2.24, 2.45) is 0 Å². The largest absolute Gasteiger partial charge is 0.491 e. The highest BCUT2D eigenvalue weighted by molar-refractivity contribution is 7.59. The van der Waals surface area contributed by atoms with Gasteiger partial charge in [0, 0.05) is 60.7 Å². The molecule has 0 fully saturated rings. The highest BCUT2D eigenvalue weighted by atomic mass is 32.1. The van der Waals surface area contributed by atoms with Gasteiger partial charge in [0.25, 0.3) is 0 Å². The fraction of sp³-hybridized carbons (Fsp3) is 0.381. The molecule has 0 bridgehead atoms. The average molecular weight is 426 g/mol. The van der Waals surface area contributed by atoms with Gasteiger partial charge in [-0.2, -0.15) is 13.5 Å². The molecule has 0 amide bonds. The summed E-state index contributed by atoms with van der Waals surface area (Å²) in [5, 5.41) is 6.50. The number of ether oxygens (including phenoxy) is 1. The van der Waals surface area contributed by atoms with Crippen LogP contribution in [0.3, 0.4) is 0 Å². The molecule has 0 spiro atoms. The minimum atomic E-state index is 0. The molecule has 4 rings (SSSR count). The van der Waals surface area contributed by atoms with Gasteiger partial charge in [0.1, 0.15) is 17.9 Å². The predicted molar refractivity (Wildman–Crippen MR) is 123 cm³/mol. The second-order valence-electron chi connectivity index (χ2n) is 7.12. The monoisotopic (exact) mass is 425 g/mol. The summed E-state index contributed by atoms with van der Waals surface area (Å²) in [6.45, 7) is 8.44. The third-order valence-electron chi connectivity index (χ3n) is 4.86. The van der Waals surface area contributed by atoms with E-state index >= 15 is 0 Å². The lowest BCUT2D eigenvalue weighted by Crippen LogP contribution is -2.12. The number of fused-ring (bicyclic) bond motifs is 1. The third kappa shape index (κ3) is 4.79. The summed E-state index contributed by atoms with van der Waals surface area (Å²) in [5.74, 6) is 2.58. The van der Waals surface area contributed by atoms with Crippen molar-refractivity contribution in [3.63, 3.8) is 0 Å². The number of nitrogens with zero attached hydrogens (tertiary/aromatic N) is 5. The molecule has 0 aliphatic carbocycles. The number of nitrogens with one attached hydrogen (secondary N) is 2. The number of rotatable bonds is 7. The molecular formula is C21H27N7OS. The first-order valence-corrected chi connectivity index (χ1v) is 9.89. The van der Waals surface area contributed by atoms with Gasteiger partial charge in [-0.1, -0.05) is 6.92 Å². The number of aromatic nitrogens is 5. The Hall–Kier alpha value is -2.94. The molecule has 0 radical (unpaired) electrons. The van der Waals surface area contributed by atoms with Crippen molar-refractivity contribution >= 4 is 25.3 Å². The van der Waals surface area contributed by atoms with E-state index in [4.69, 9.17) is 4.74 Å². The van der Waals surface area contributed by atoms with Crippen molar-refractivity contribution in [3.8, 4) is 17.0 Å². The van der Waals surface area contributed by atoms with Crippen LogP contribution in [0, 0.1) is 6.92 Å². The van der Waals surface area contributed by atoms with Gasteiger partial charge in [0.15, 0.2) is 0 Å². The van der Waals surface area contributed by atoms with Gasteiger partial charge in [-0.05, 0) is 19.9 Å². The molecule has 8 nitrogen and oxygen atoms in total. The topological polar surface area (TPSA) is 97.7 Å². The van der Waals surface area contributed by atoms with Crippen molar-refractivity contribution in [1.29, 1.82) is 0 Å². The minimum Gasteiger partial charge on any atom is -0.491 e. The lowest BCUT2D eigenvalue weighted by atomic mass is 9.99. The third-order valence-corrected chi connectivity index (χ3v) is 4.86. The van der Waals surface area contributed by atoms with E-state index in [9.17, 15) is 0 Å². The second kappa shape index (κ2) is 9.71. The Balaban J connectivity index is 0.00000256. The molecule has 3 aromatic rings. The van der Waals surface area contributed by atoms with Crippen LogP contribution in [-0.4, -0.2) is 44.6 Å². The lowest BCUT2D eigenvalue weighted by molar-refractivity contribution is 0.352. The molecule has 30 heavy (non-hydrogen) atoms. The first-order chi connectivity index (χ1) is 14.1. The number of anilines is 2. The molecular weight excluding hydrogens is 398 g/mol.